The van der Waals surface area contributed by atoms with E-state index in [1.165, 1.54) is 0 Å². The minimum Gasteiger partial charge on any atom is -0.458 e. The zero-order chi connectivity index (χ0) is 13.9. The maximum absolute atomic E-state index is 11.7. The minimum atomic E-state index is -0.516. The van der Waals surface area contributed by atoms with Crippen molar-refractivity contribution >= 4 is 5.97 Å². The van der Waals surface area contributed by atoms with Crippen molar-refractivity contribution in [2.45, 2.75) is 51.4 Å². The topological polar surface area (TPSA) is 66.8 Å². The van der Waals surface area contributed by atoms with Gasteiger partial charge >= 0.3 is 5.97 Å². The zero-order valence-electron chi connectivity index (χ0n) is 11.5. The Morgan fingerprint density at radius 2 is 2.05 bits per heavy atom. The number of aliphatic hydroxyl groups excluding tert-OH is 2. The van der Waals surface area contributed by atoms with Crippen LogP contribution in [0.4, 0.5) is 0 Å². The highest BCUT2D eigenvalue weighted by Gasteiger charge is 2.58. The molecule has 7 atom stereocenters. The quantitative estimate of drug-likeness (QED) is 0.512. The molecular weight excluding hydrogens is 244 g/mol. The summed E-state index contributed by atoms with van der Waals surface area (Å²) in [6, 6.07) is 0. The van der Waals surface area contributed by atoms with Gasteiger partial charge in [0.25, 0.3) is 0 Å². The van der Waals surface area contributed by atoms with Crippen LogP contribution in [0.25, 0.3) is 0 Å². The van der Waals surface area contributed by atoms with Gasteiger partial charge in [-0.15, -0.1) is 0 Å². The van der Waals surface area contributed by atoms with Crippen LogP contribution in [0.5, 0.6) is 0 Å². The highest BCUT2D eigenvalue weighted by Crippen LogP contribution is 2.56. The first-order chi connectivity index (χ1) is 8.84. The molecule has 0 aromatic rings. The Kier molecular flexibility index (Phi) is 2.81. The van der Waals surface area contributed by atoms with Crippen molar-refractivity contribution in [3.8, 4) is 0 Å². The van der Waals surface area contributed by atoms with E-state index >= 15 is 0 Å². The Labute approximate surface area is 113 Å². The van der Waals surface area contributed by atoms with Crippen molar-refractivity contribution in [3.05, 3.63) is 12.2 Å². The third-order valence-electron chi connectivity index (χ3n) is 5.70. The van der Waals surface area contributed by atoms with Gasteiger partial charge in [-0.2, -0.15) is 0 Å². The Morgan fingerprint density at radius 3 is 2.74 bits per heavy atom. The molecule has 0 amide bonds. The third kappa shape index (κ3) is 1.69. The fourth-order valence-corrected chi connectivity index (χ4v) is 4.73. The van der Waals surface area contributed by atoms with Gasteiger partial charge in [0.2, 0.25) is 0 Å². The van der Waals surface area contributed by atoms with E-state index in [4.69, 9.17) is 4.74 Å². The first-order valence-corrected chi connectivity index (χ1v) is 7.10. The van der Waals surface area contributed by atoms with E-state index in [9.17, 15) is 15.0 Å². The van der Waals surface area contributed by atoms with Crippen LogP contribution >= 0.6 is 0 Å². The molecule has 2 N–H and O–H groups in total. The Bertz CT molecular complexity index is 432. The van der Waals surface area contributed by atoms with Gasteiger partial charge < -0.3 is 14.9 Å². The van der Waals surface area contributed by atoms with Crippen molar-refractivity contribution in [3.63, 3.8) is 0 Å². The molecule has 0 bridgehead atoms. The van der Waals surface area contributed by atoms with Crippen LogP contribution in [0.1, 0.15) is 33.1 Å². The molecule has 106 valence electrons. The molecule has 2 aliphatic carbocycles. The number of ether oxygens (including phenoxy) is 1. The number of hydrogen-bond donors (Lipinski definition) is 2. The lowest BCUT2D eigenvalue weighted by Gasteiger charge is -2.37. The average molecular weight is 266 g/mol. The second kappa shape index (κ2) is 4.06. The number of hydrogen-bond acceptors (Lipinski definition) is 4. The van der Waals surface area contributed by atoms with Crippen molar-refractivity contribution in [1.29, 1.82) is 0 Å². The molecule has 1 aliphatic heterocycles. The molecule has 0 radical (unpaired) electrons. The molecule has 2 saturated carbocycles. The van der Waals surface area contributed by atoms with Gasteiger partial charge in [-0.1, -0.05) is 20.4 Å². The average Bonchev–Trinajstić information content (AvgIpc) is 2.63. The number of esters is 1. The SMILES string of the molecule is C=C1C(=O)O[C@@H]2C[C@@H](C)[C@@H]3[C@@H](O)C[C@H](O)[C@@]3(C)C[C@H]12. The van der Waals surface area contributed by atoms with Gasteiger partial charge in [0.05, 0.1) is 12.2 Å². The fourth-order valence-electron chi connectivity index (χ4n) is 4.73. The summed E-state index contributed by atoms with van der Waals surface area (Å²) in [7, 11) is 0. The minimum absolute atomic E-state index is 0.00935. The van der Waals surface area contributed by atoms with Gasteiger partial charge in [-0.05, 0) is 30.1 Å². The normalized spacial score (nSPS) is 53.5. The summed E-state index contributed by atoms with van der Waals surface area (Å²) in [5, 5.41) is 20.6. The monoisotopic (exact) mass is 266 g/mol. The summed E-state index contributed by atoms with van der Waals surface area (Å²) < 4.78 is 5.41. The highest BCUT2D eigenvalue weighted by atomic mass is 16.6. The van der Waals surface area contributed by atoms with Crippen LogP contribution in [0.3, 0.4) is 0 Å². The van der Waals surface area contributed by atoms with Crippen LogP contribution in [0, 0.1) is 23.2 Å². The maximum atomic E-state index is 11.7. The summed E-state index contributed by atoms with van der Waals surface area (Å²) in [6.07, 6.45) is 0.755. The molecule has 0 aromatic heterocycles. The Morgan fingerprint density at radius 1 is 1.37 bits per heavy atom. The lowest BCUT2D eigenvalue weighted by molar-refractivity contribution is -0.139. The molecule has 3 fully saturated rings. The summed E-state index contributed by atoms with van der Waals surface area (Å²) in [6.45, 7) is 7.98. The molecule has 1 saturated heterocycles. The van der Waals surface area contributed by atoms with Crippen molar-refractivity contribution in [2.24, 2.45) is 23.2 Å². The first-order valence-electron chi connectivity index (χ1n) is 7.10. The van der Waals surface area contributed by atoms with Crippen molar-refractivity contribution in [2.75, 3.05) is 0 Å². The van der Waals surface area contributed by atoms with E-state index in [0.29, 0.717) is 18.4 Å². The smallest absolute Gasteiger partial charge is 0.334 e. The van der Waals surface area contributed by atoms with Crippen LogP contribution in [0.2, 0.25) is 0 Å². The van der Waals surface area contributed by atoms with Crippen LogP contribution in [0.15, 0.2) is 12.2 Å². The van der Waals surface area contributed by atoms with Crippen LogP contribution in [-0.2, 0) is 9.53 Å². The molecule has 0 unspecified atom stereocenters. The zero-order valence-corrected chi connectivity index (χ0v) is 11.5. The van der Waals surface area contributed by atoms with E-state index in [-0.39, 0.29) is 35.2 Å². The van der Waals surface area contributed by atoms with E-state index in [2.05, 4.69) is 13.5 Å². The Hall–Kier alpha value is -0.870. The Balaban J connectivity index is 1.98. The number of carbonyl (C=O) groups is 1. The summed E-state index contributed by atoms with van der Waals surface area (Å²) in [5.41, 5.74) is 0.183. The molecule has 0 aromatic carbocycles. The fraction of sp³-hybridized carbons (Fsp3) is 0.800. The van der Waals surface area contributed by atoms with E-state index < -0.39 is 12.2 Å². The summed E-state index contributed by atoms with van der Waals surface area (Å²) in [4.78, 5) is 11.7. The standard InChI is InChI=1S/C15H22O4/c1-7-4-11-9(8(2)14(18)19-11)6-15(3)12(17)5-10(16)13(7)15/h7,9-13,16-17H,2,4-6H2,1,3H3/t7-,9-,10+,11-,12+,13-,15-/m1/s1. The first kappa shape index (κ1) is 13.1. The largest absolute Gasteiger partial charge is 0.458 e. The van der Waals surface area contributed by atoms with Gasteiger partial charge in [0.1, 0.15) is 6.10 Å². The molecule has 4 heteroatoms. The number of carbonyl (C=O) groups excluding carboxylic acids is 1. The number of fused-ring (bicyclic) bond motifs is 2. The predicted molar refractivity (Wildman–Crippen MR) is 69.1 cm³/mol. The highest BCUT2D eigenvalue weighted by molar-refractivity contribution is 5.90. The van der Waals surface area contributed by atoms with Gasteiger partial charge in [0.15, 0.2) is 0 Å². The van der Waals surface area contributed by atoms with Gasteiger partial charge in [-0.25, -0.2) is 4.79 Å². The van der Waals surface area contributed by atoms with Crippen LogP contribution < -0.4 is 0 Å². The number of aliphatic hydroxyl groups is 2. The molecule has 1 heterocycles. The predicted octanol–water partition coefficient (Wildman–Crippen LogP) is 1.26. The summed E-state index contributed by atoms with van der Waals surface area (Å²) in [5.74, 6) is -0.00682. The molecule has 3 rings (SSSR count). The van der Waals surface area contributed by atoms with Crippen molar-refractivity contribution < 1.29 is 19.7 Å². The van der Waals surface area contributed by atoms with Gasteiger partial charge in [-0.3, -0.25) is 0 Å². The molecule has 3 aliphatic rings. The van der Waals surface area contributed by atoms with Crippen LogP contribution in [-0.4, -0.2) is 34.5 Å². The van der Waals surface area contributed by atoms with Crippen molar-refractivity contribution in [1.82, 2.24) is 0 Å². The molecule has 19 heavy (non-hydrogen) atoms. The maximum Gasteiger partial charge on any atom is 0.334 e. The van der Waals surface area contributed by atoms with E-state index in [1.54, 1.807) is 0 Å². The van der Waals surface area contributed by atoms with E-state index in [1.807, 2.05) is 6.92 Å². The lowest BCUT2D eigenvalue weighted by Crippen LogP contribution is -2.37. The third-order valence-corrected chi connectivity index (χ3v) is 5.70. The number of rotatable bonds is 0. The molecular formula is C15H22O4. The van der Waals surface area contributed by atoms with E-state index in [0.717, 1.165) is 6.42 Å². The van der Waals surface area contributed by atoms with Gasteiger partial charge in [0, 0.05) is 17.9 Å². The molecule has 4 nitrogen and oxygen atoms in total. The molecule has 0 spiro atoms. The lowest BCUT2D eigenvalue weighted by atomic mass is 9.69. The second-order valence-corrected chi connectivity index (χ2v) is 6.84. The second-order valence-electron chi connectivity index (χ2n) is 6.84. The summed E-state index contributed by atoms with van der Waals surface area (Å²) >= 11 is 0.